The Morgan fingerprint density at radius 2 is 2.56 bits per heavy atom. The molecule has 1 aromatic heterocycles. The average molecular weight is 222 g/mol. The Hall–Kier alpha value is -1.04. The van der Waals surface area contributed by atoms with Crippen molar-refractivity contribution in [1.29, 1.82) is 0 Å². The maximum absolute atomic E-state index is 5.65. The van der Waals surface area contributed by atoms with E-state index in [1.165, 1.54) is 0 Å². The summed E-state index contributed by atoms with van der Waals surface area (Å²) in [6.07, 6.45) is 3.62. The number of aromatic nitrogens is 2. The van der Waals surface area contributed by atoms with Crippen LogP contribution in [-0.2, 0) is 11.3 Å². The van der Waals surface area contributed by atoms with Crippen molar-refractivity contribution in [3.8, 4) is 0 Å². The van der Waals surface area contributed by atoms with E-state index >= 15 is 0 Å². The molecule has 0 saturated carbocycles. The molecule has 1 N–H and O–H groups in total. The third-order valence-electron chi connectivity index (χ3n) is 2.66. The van der Waals surface area contributed by atoms with Crippen LogP contribution in [0.25, 0.3) is 0 Å². The van der Waals surface area contributed by atoms with E-state index in [9.17, 15) is 0 Å². The van der Waals surface area contributed by atoms with E-state index in [1.54, 1.807) is 12.5 Å². The highest BCUT2D eigenvalue weighted by molar-refractivity contribution is 4.96. The smallest absolute Gasteiger partial charge is 0.115 e. The number of rotatable bonds is 4. The lowest BCUT2D eigenvalue weighted by Crippen LogP contribution is -2.44. The first-order valence-corrected chi connectivity index (χ1v) is 5.60. The van der Waals surface area contributed by atoms with Gasteiger partial charge in [0, 0.05) is 32.4 Å². The summed E-state index contributed by atoms with van der Waals surface area (Å²) < 4.78 is 5.65. The lowest BCUT2D eigenvalue weighted by atomic mass is 10.3. The highest BCUT2D eigenvalue weighted by Gasteiger charge is 2.16. The van der Waals surface area contributed by atoms with E-state index in [0.717, 1.165) is 38.5 Å². The first-order valence-electron chi connectivity index (χ1n) is 5.60. The van der Waals surface area contributed by atoms with Crippen molar-refractivity contribution in [2.75, 3.05) is 33.3 Å². The predicted octanol–water partition coefficient (Wildman–Crippen LogP) is -0.103. The molecule has 1 aliphatic rings. The van der Waals surface area contributed by atoms with Crippen molar-refractivity contribution in [1.82, 2.24) is 20.2 Å². The maximum atomic E-state index is 5.65. The van der Waals surface area contributed by atoms with E-state index in [-0.39, 0.29) is 0 Å². The number of likely N-dealkylation sites (N-methyl/N-ethyl adjacent to an activating group) is 1. The molecule has 2 heterocycles. The zero-order valence-corrected chi connectivity index (χ0v) is 9.59. The minimum absolute atomic E-state index is 0.292. The van der Waals surface area contributed by atoms with Crippen LogP contribution in [0.1, 0.15) is 5.69 Å². The van der Waals surface area contributed by atoms with Crippen molar-refractivity contribution in [3.05, 3.63) is 24.3 Å². The molecule has 5 nitrogen and oxygen atoms in total. The van der Waals surface area contributed by atoms with Crippen LogP contribution < -0.4 is 5.32 Å². The van der Waals surface area contributed by atoms with Crippen molar-refractivity contribution in [3.63, 3.8) is 0 Å². The first-order chi connectivity index (χ1) is 7.84. The minimum atomic E-state index is 0.292. The van der Waals surface area contributed by atoms with E-state index < -0.39 is 0 Å². The molecule has 1 fully saturated rings. The molecule has 88 valence electrons. The Kier molecular flexibility index (Phi) is 4.21. The standard InChI is InChI=1S/C11H18N4O/c1-15-4-5-16-11(8-15)7-13-6-10-2-3-12-9-14-10/h2-3,9,11,13H,4-8H2,1H3. The molecular formula is C11H18N4O. The SMILES string of the molecule is CN1CCOC(CNCc2ccncn2)C1. The molecule has 1 aliphatic heterocycles. The second kappa shape index (κ2) is 5.89. The number of nitrogens with one attached hydrogen (secondary N) is 1. The Morgan fingerprint density at radius 3 is 3.31 bits per heavy atom. The van der Waals surface area contributed by atoms with Gasteiger partial charge in [-0.25, -0.2) is 9.97 Å². The van der Waals surface area contributed by atoms with Gasteiger partial charge in [0.25, 0.3) is 0 Å². The Morgan fingerprint density at radius 1 is 1.62 bits per heavy atom. The summed E-state index contributed by atoms with van der Waals surface area (Å²) >= 11 is 0. The first kappa shape index (κ1) is 11.4. The summed E-state index contributed by atoms with van der Waals surface area (Å²) in [5.41, 5.74) is 1.01. The third-order valence-corrected chi connectivity index (χ3v) is 2.66. The van der Waals surface area contributed by atoms with Crippen LogP contribution in [0.15, 0.2) is 18.6 Å². The minimum Gasteiger partial charge on any atom is -0.374 e. The molecule has 0 aliphatic carbocycles. The maximum Gasteiger partial charge on any atom is 0.115 e. The topological polar surface area (TPSA) is 50.3 Å². The van der Waals surface area contributed by atoms with Gasteiger partial charge in [0.1, 0.15) is 6.33 Å². The molecule has 0 bridgehead atoms. The number of morpholine rings is 1. The lowest BCUT2D eigenvalue weighted by Gasteiger charge is -2.30. The van der Waals surface area contributed by atoms with Gasteiger partial charge in [-0.05, 0) is 13.1 Å². The molecule has 0 radical (unpaired) electrons. The van der Waals surface area contributed by atoms with Crippen molar-refractivity contribution >= 4 is 0 Å². The van der Waals surface area contributed by atoms with Gasteiger partial charge in [0.15, 0.2) is 0 Å². The second-order valence-electron chi connectivity index (χ2n) is 4.09. The van der Waals surface area contributed by atoms with Gasteiger partial charge >= 0.3 is 0 Å². The zero-order valence-electron chi connectivity index (χ0n) is 9.59. The van der Waals surface area contributed by atoms with Gasteiger partial charge < -0.3 is 15.0 Å². The molecule has 16 heavy (non-hydrogen) atoms. The lowest BCUT2D eigenvalue weighted by molar-refractivity contribution is -0.0182. The van der Waals surface area contributed by atoms with Crippen LogP contribution in [0.5, 0.6) is 0 Å². The van der Waals surface area contributed by atoms with Gasteiger partial charge in [-0.3, -0.25) is 0 Å². The molecule has 0 spiro atoms. The summed E-state index contributed by atoms with van der Waals surface area (Å²) in [5, 5.41) is 3.35. The summed E-state index contributed by atoms with van der Waals surface area (Å²) in [7, 11) is 2.12. The van der Waals surface area contributed by atoms with Gasteiger partial charge in [0.2, 0.25) is 0 Å². The van der Waals surface area contributed by atoms with E-state index in [1.807, 2.05) is 6.07 Å². The highest BCUT2D eigenvalue weighted by atomic mass is 16.5. The molecular weight excluding hydrogens is 204 g/mol. The Balaban J connectivity index is 1.68. The van der Waals surface area contributed by atoms with E-state index in [0.29, 0.717) is 6.10 Å². The van der Waals surface area contributed by atoms with Crippen LogP contribution in [0.3, 0.4) is 0 Å². The fraction of sp³-hybridized carbons (Fsp3) is 0.636. The fourth-order valence-electron chi connectivity index (χ4n) is 1.77. The van der Waals surface area contributed by atoms with Crippen molar-refractivity contribution in [2.45, 2.75) is 12.6 Å². The number of nitrogens with zero attached hydrogens (tertiary/aromatic N) is 3. The molecule has 2 rings (SSSR count). The summed E-state index contributed by atoms with van der Waals surface area (Å²) in [4.78, 5) is 10.3. The summed E-state index contributed by atoms with van der Waals surface area (Å²) in [5.74, 6) is 0. The van der Waals surface area contributed by atoms with Gasteiger partial charge in [-0.2, -0.15) is 0 Å². The fourth-order valence-corrected chi connectivity index (χ4v) is 1.77. The quantitative estimate of drug-likeness (QED) is 0.771. The van der Waals surface area contributed by atoms with Crippen LogP contribution >= 0.6 is 0 Å². The normalized spacial score (nSPS) is 22.2. The van der Waals surface area contributed by atoms with Crippen LogP contribution in [0.2, 0.25) is 0 Å². The predicted molar refractivity (Wildman–Crippen MR) is 61.0 cm³/mol. The molecule has 1 aromatic rings. The van der Waals surface area contributed by atoms with E-state index in [4.69, 9.17) is 4.74 Å². The van der Waals surface area contributed by atoms with Crippen molar-refractivity contribution < 1.29 is 4.74 Å². The Labute approximate surface area is 95.8 Å². The molecule has 0 aromatic carbocycles. The molecule has 5 heteroatoms. The Bertz CT molecular complexity index is 306. The monoisotopic (exact) mass is 222 g/mol. The number of hydrogen-bond donors (Lipinski definition) is 1. The highest BCUT2D eigenvalue weighted by Crippen LogP contribution is 2.01. The van der Waals surface area contributed by atoms with Gasteiger partial charge in [0.05, 0.1) is 18.4 Å². The van der Waals surface area contributed by atoms with E-state index in [2.05, 4.69) is 27.2 Å². The second-order valence-corrected chi connectivity index (χ2v) is 4.09. The molecule has 1 atom stereocenters. The molecule has 1 saturated heterocycles. The van der Waals surface area contributed by atoms with Crippen LogP contribution in [-0.4, -0.2) is 54.3 Å². The van der Waals surface area contributed by atoms with Crippen molar-refractivity contribution in [2.24, 2.45) is 0 Å². The van der Waals surface area contributed by atoms with Gasteiger partial charge in [-0.1, -0.05) is 0 Å². The molecule has 0 amide bonds. The molecule has 1 unspecified atom stereocenters. The van der Waals surface area contributed by atoms with Crippen LogP contribution in [0, 0.1) is 0 Å². The summed E-state index contributed by atoms with van der Waals surface area (Å²) in [6.45, 7) is 4.50. The van der Waals surface area contributed by atoms with Crippen LogP contribution in [0.4, 0.5) is 0 Å². The average Bonchev–Trinajstić information content (AvgIpc) is 2.30. The number of ether oxygens (including phenoxy) is 1. The summed E-state index contributed by atoms with van der Waals surface area (Å²) in [6, 6.07) is 1.92. The zero-order chi connectivity index (χ0) is 11.2. The number of hydrogen-bond acceptors (Lipinski definition) is 5. The van der Waals surface area contributed by atoms with Gasteiger partial charge in [-0.15, -0.1) is 0 Å². The third kappa shape index (κ3) is 3.52. The largest absolute Gasteiger partial charge is 0.374 e.